The first-order valence-electron chi connectivity index (χ1n) is 8.50. The summed E-state index contributed by atoms with van der Waals surface area (Å²) in [5.74, 6) is 0. The number of piperidine rings is 2. The fourth-order valence-electron chi connectivity index (χ4n) is 2.99. The first kappa shape index (κ1) is 17.9. The minimum atomic E-state index is -0.125. The molecule has 0 aliphatic carbocycles. The van der Waals surface area contributed by atoms with Gasteiger partial charge in [0.1, 0.15) is 0 Å². The lowest BCUT2D eigenvalue weighted by molar-refractivity contribution is 0.109. The maximum absolute atomic E-state index is 9.42. The fourth-order valence-corrected chi connectivity index (χ4v) is 2.99. The van der Waals surface area contributed by atoms with E-state index in [4.69, 9.17) is 5.11 Å². The van der Waals surface area contributed by atoms with Crippen LogP contribution in [0.2, 0.25) is 0 Å². The Balaban J connectivity index is 0.000000200. The van der Waals surface area contributed by atoms with Crippen molar-refractivity contribution < 1.29 is 10.2 Å². The molecule has 2 aliphatic heterocycles. The fraction of sp³-hybridized carbons (Fsp3) is 1.00. The lowest BCUT2D eigenvalue weighted by Crippen LogP contribution is -2.42. The molecular formula is C16H34N2O2. The van der Waals surface area contributed by atoms with Gasteiger partial charge in [-0.15, -0.1) is 0 Å². The molecule has 2 saturated heterocycles. The van der Waals surface area contributed by atoms with Crippen molar-refractivity contribution >= 4 is 0 Å². The van der Waals surface area contributed by atoms with Crippen LogP contribution in [0.25, 0.3) is 0 Å². The van der Waals surface area contributed by atoms with Crippen LogP contribution in [0, 0.1) is 0 Å². The Morgan fingerprint density at radius 1 is 1.10 bits per heavy atom. The standard InChI is InChI=1S/2C8H17NO/c1-2-8(10)7-5-3-4-6-9-7;1-2-3-7-4-5-8(10)6-9-7/h2*7-10H,2-6H2,1H3/t7-,8+;/m0./s1. The van der Waals surface area contributed by atoms with E-state index >= 15 is 0 Å². The van der Waals surface area contributed by atoms with Gasteiger partial charge in [-0.25, -0.2) is 0 Å². The number of β-amino-alcohol motifs (C(OH)–C–C–N with tert-alkyl or cyclic N) is 1. The van der Waals surface area contributed by atoms with E-state index in [1.54, 1.807) is 0 Å². The van der Waals surface area contributed by atoms with E-state index < -0.39 is 0 Å². The van der Waals surface area contributed by atoms with E-state index in [0.717, 1.165) is 38.8 Å². The lowest BCUT2D eigenvalue weighted by atomic mass is 9.99. The van der Waals surface area contributed by atoms with Gasteiger partial charge in [0.2, 0.25) is 0 Å². The number of hydrogen-bond donors (Lipinski definition) is 4. The van der Waals surface area contributed by atoms with Crippen LogP contribution in [-0.4, -0.2) is 47.6 Å². The number of aliphatic hydroxyl groups is 2. The zero-order valence-corrected chi connectivity index (χ0v) is 13.3. The second-order valence-corrected chi connectivity index (χ2v) is 6.16. The number of nitrogens with one attached hydrogen (secondary N) is 2. The summed E-state index contributed by atoms with van der Waals surface area (Å²) >= 11 is 0. The Hall–Kier alpha value is -0.160. The van der Waals surface area contributed by atoms with Crippen molar-refractivity contribution in [1.82, 2.24) is 10.6 Å². The zero-order valence-electron chi connectivity index (χ0n) is 13.3. The predicted octanol–water partition coefficient (Wildman–Crippen LogP) is 1.80. The van der Waals surface area contributed by atoms with Crippen LogP contribution in [0.3, 0.4) is 0 Å². The maximum atomic E-state index is 9.42. The molecule has 4 N–H and O–H groups in total. The average molecular weight is 286 g/mol. The van der Waals surface area contributed by atoms with Gasteiger partial charge < -0.3 is 20.8 Å². The number of rotatable bonds is 4. The van der Waals surface area contributed by atoms with Gasteiger partial charge in [-0.1, -0.05) is 26.7 Å². The van der Waals surface area contributed by atoms with Gasteiger partial charge in [-0.05, 0) is 45.1 Å². The Kier molecular flexibility index (Phi) is 9.44. The molecule has 4 heteroatoms. The van der Waals surface area contributed by atoms with Crippen LogP contribution >= 0.6 is 0 Å². The van der Waals surface area contributed by atoms with Gasteiger partial charge in [0.05, 0.1) is 12.2 Å². The Bertz CT molecular complexity index is 225. The second-order valence-electron chi connectivity index (χ2n) is 6.16. The van der Waals surface area contributed by atoms with Crippen molar-refractivity contribution in [2.24, 2.45) is 0 Å². The summed E-state index contributed by atoms with van der Waals surface area (Å²) in [6.07, 6.45) is 8.98. The maximum Gasteiger partial charge on any atom is 0.0690 e. The average Bonchev–Trinajstić information content (AvgIpc) is 2.50. The molecule has 20 heavy (non-hydrogen) atoms. The molecule has 120 valence electrons. The quantitative estimate of drug-likeness (QED) is 0.636. The van der Waals surface area contributed by atoms with Crippen LogP contribution in [-0.2, 0) is 0 Å². The summed E-state index contributed by atoms with van der Waals surface area (Å²) < 4.78 is 0. The minimum Gasteiger partial charge on any atom is -0.392 e. The molecule has 0 aromatic rings. The molecule has 0 spiro atoms. The van der Waals surface area contributed by atoms with Crippen molar-refractivity contribution in [3.05, 3.63) is 0 Å². The van der Waals surface area contributed by atoms with Crippen molar-refractivity contribution in [2.75, 3.05) is 13.1 Å². The summed E-state index contributed by atoms with van der Waals surface area (Å²) in [4.78, 5) is 0. The van der Waals surface area contributed by atoms with Gasteiger partial charge in [-0.2, -0.15) is 0 Å². The molecule has 0 bridgehead atoms. The largest absolute Gasteiger partial charge is 0.392 e. The van der Waals surface area contributed by atoms with Gasteiger partial charge in [0.15, 0.2) is 0 Å². The summed E-state index contributed by atoms with van der Waals surface area (Å²) in [5.41, 5.74) is 0. The third kappa shape index (κ3) is 7.02. The molecule has 0 saturated carbocycles. The van der Waals surface area contributed by atoms with Crippen LogP contribution in [0.4, 0.5) is 0 Å². The van der Waals surface area contributed by atoms with Crippen molar-refractivity contribution in [3.63, 3.8) is 0 Å². The predicted molar refractivity (Wildman–Crippen MR) is 83.9 cm³/mol. The Labute approximate surface area is 124 Å². The first-order valence-corrected chi connectivity index (χ1v) is 8.50. The van der Waals surface area contributed by atoms with E-state index in [1.807, 2.05) is 6.92 Å². The van der Waals surface area contributed by atoms with Crippen molar-refractivity contribution in [2.45, 2.75) is 89.5 Å². The van der Waals surface area contributed by atoms with Gasteiger partial charge in [0, 0.05) is 18.6 Å². The van der Waals surface area contributed by atoms with Crippen molar-refractivity contribution in [1.29, 1.82) is 0 Å². The summed E-state index contributed by atoms with van der Waals surface area (Å²) in [7, 11) is 0. The third-order valence-corrected chi connectivity index (χ3v) is 4.36. The second kappa shape index (κ2) is 10.6. The van der Waals surface area contributed by atoms with E-state index in [0.29, 0.717) is 12.1 Å². The minimum absolute atomic E-state index is 0.0897. The van der Waals surface area contributed by atoms with Crippen molar-refractivity contribution in [3.8, 4) is 0 Å². The monoisotopic (exact) mass is 286 g/mol. The highest BCUT2D eigenvalue weighted by molar-refractivity contribution is 4.78. The molecule has 2 fully saturated rings. The Morgan fingerprint density at radius 2 is 1.90 bits per heavy atom. The molecule has 2 heterocycles. The summed E-state index contributed by atoms with van der Waals surface area (Å²) in [6.45, 7) is 6.11. The molecule has 4 nitrogen and oxygen atoms in total. The van der Waals surface area contributed by atoms with E-state index in [1.165, 1.54) is 25.7 Å². The first-order chi connectivity index (χ1) is 9.67. The van der Waals surface area contributed by atoms with Gasteiger partial charge in [0.25, 0.3) is 0 Å². The van der Waals surface area contributed by atoms with Crippen LogP contribution in [0.15, 0.2) is 0 Å². The molecule has 0 aromatic heterocycles. The molecule has 4 atom stereocenters. The molecule has 2 rings (SSSR count). The topological polar surface area (TPSA) is 64.5 Å². The van der Waals surface area contributed by atoms with Crippen LogP contribution < -0.4 is 10.6 Å². The third-order valence-electron chi connectivity index (χ3n) is 4.36. The smallest absolute Gasteiger partial charge is 0.0690 e. The lowest BCUT2D eigenvalue weighted by Gasteiger charge is -2.27. The molecule has 0 radical (unpaired) electrons. The highest BCUT2D eigenvalue weighted by atomic mass is 16.3. The Morgan fingerprint density at radius 3 is 2.40 bits per heavy atom. The van der Waals surface area contributed by atoms with Crippen LogP contribution in [0.5, 0.6) is 0 Å². The SMILES string of the molecule is CCCC1CCC(O)CN1.CC[C@@H](O)[C@@H]1CCCCN1. The number of hydrogen-bond acceptors (Lipinski definition) is 4. The van der Waals surface area contributed by atoms with E-state index in [2.05, 4.69) is 17.6 Å². The van der Waals surface area contributed by atoms with E-state index in [9.17, 15) is 5.11 Å². The highest BCUT2D eigenvalue weighted by Gasteiger charge is 2.18. The molecular weight excluding hydrogens is 252 g/mol. The van der Waals surface area contributed by atoms with Crippen LogP contribution in [0.1, 0.15) is 65.2 Å². The van der Waals surface area contributed by atoms with E-state index in [-0.39, 0.29) is 12.2 Å². The molecule has 2 unspecified atom stereocenters. The number of aliphatic hydroxyl groups excluding tert-OH is 2. The van der Waals surface area contributed by atoms with Gasteiger partial charge >= 0.3 is 0 Å². The highest BCUT2D eigenvalue weighted by Crippen LogP contribution is 2.12. The summed E-state index contributed by atoms with van der Waals surface area (Å²) in [5, 5.41) is 25.2. The normalized spacial score (nSPS) is 32.1. The summed E-state index contributed by atoms with van der Waals surface area (Å²) in [6, 6.07) is 1.05. The zero-order chi connectivity index (χ0) is 14.8. The van der Waals surface area contributed by atoms with Gasteiger partial charge in [-0.3, -0.25) is 0 Å². The molecule has 0 aromatic carbocycles. The molecule has 2 aliphatic rings. The molecule has 0 amide bonds.